The second-order valence-electron chi connectivity index (χ2n) is 3.06. The Morgan fingerprint density at radius 2 is 2.33 bits per heavy atom. The molecule has 0 radical (unpaired) electrons. The zero-order chi connectivity index (χ0) is 6.27. The molecule has 0 bridgehead atoms. The summed E-state index contributed by atoms with van der Waals surface area (Å²) >= 11 is 0. The highest BCUT2D eigenvalue weighted by atomic mass is 31.0. The summed E-state index contributed by atoms with van der Waals surface area (Å²) in [6.07, 6.45) is 1.38. The van der Waals surface area contributed by atoms with E-state index >= 15 is 0 Å². The largest absolute Gasteiger partial charge is 0.312 e. The van der Waals surface area contributed by atoms with Gasteiger partial charge in [-0.15, -0.1) is 0 Å². The summed E-state index contributed by atoms with van der Waals surface area (Å²) in [5, 5.41) is 3.49. The monoisotopic (exact) mass is 144 g/mol. The first kappa shape index (κ1) is 6.09. The van der Waals surface area contributed by atoms with Crippen molar-refractivity contribution in [1.29, 1.82) is 0 Å². The van der Waals surface area contributed by atoms with Gasteiger partial charge in [0.25, 0.3) is 0 Å². The molecule has 0 saturated carbocycles. The summed E-state index contributed by atoms with van der Waals surface area (Å²) in [4.78, 5) is 0. The molecule has 52 valence electrons. The maximum absolute atomic E-state index is 3.49. The van der Waals surface area contributed by atoms with E-state index in [1.807, 2.05) is 0 Å². The summed E-state index contributed by atoms with van der Waals surface area (Å²) < 4.78 is 2.33. The number of fused-ring (bicyclic) bond motifs is 1. The van der Waals surface area contributed by atoms with E-state index in [0.29, 0.717) is 0 Å². The first-order valence-corrected chi connectivity index (χ1v) is 4.11. The lowest BCUT2D eigenvalue weighted by atomic mass is 10.1. The third-order valence-corrected chi connectivity index (χ3v) is 2.81. The van der Waals surface area contributed by atoms with Crippen molar-refractivity contribution >= 4 is 9.39 Å². The van der Waals surface area contributed by atoms with Crippen LogP contribution in [0.1, 0.15) is 6.42 Å². The molecular weight excluding hydrogens is 131 g/mol. The van der Waals surface area contributed by atoms with Gasteiger partial charge in [0.15, 0.2) is 0 Å². The van der Waals surface area contributed by atoms with Gasteiger partial charge in [-0.3, -0.25) is 4.67 Å². The van der Waals surface area contributed by atoms with E-state index in [1.54, 1.807) is 0 Å². The van der Waals surface area contributed by atoms with Gasteiger partial charge in [0.2, 0.25) is 0 Å². The van der Waals surface area contributed by atoms with Crippen molar-refractivity contribution in [3.8, 4) is 0 Å². The van der Waals surface area contributed by atoms with Crippen molar-refractivity contribution in [3.05, 3.63) is 0 Å². The Morgan fingerprint density at radius 3 is 3.11 bits per heavy atom. The smallest absolute Gasteiger partial charge is 0.0239 e. The lowest BCUT2D eigenvalue weighted by Gasteiger charge is -2.07. The Labute approximate surface area is 58.2 Å². The predicted octanol–water partition coefficient (Wildman–Crippen LogP) is 0.0702. The second kappa shape index (κ2) is 2.19. The van der Waals surface area contributed by atoms with E-state index < -0.39 is 0 Å². The lowest BCUT2D eigenvalue weighted by Crippen LogP contribution is -2.27. The van der Waals surface area contributed by atoms with E-state index in [9.17, 15) is 0 Å². The van der Waals surface area contributed by atoms with E-state index in [1.165, 1.54) is 26.1 Å². The molecule has 2 aliphatic rings. The fourth-order valence-electron chi connectivity index (χ4n) is 1.88. The van der Waals surface area contributed by atoms with E-state index in [4.69, 9.17) is 0 Å². The second-order valence-corrected chi connectivity index (χ2v) is 3.79. The summed E-state index contributed by atoms with van der Waals surface area (Å²) in [6, 6.07) is 0.808. The third-order valence-electron chi connectivity index (χ3n) is 2.39. The molecule has 3 atom stereocenters. The summed E-state index contributed by atoms with van der Waals surface area (Å²) in [6.45, 7) is 3.76. The fraction of sp³-hybridized carbons (Fsp3) is 1.00. The van der Waals surface area contributed by atoms with Crippen LogP contribution in [0.2, 0.25) is 0 Å². The van der Waals surface area contributed by atoms with Crippen molar-refractivity contribution in [2.24, 2.45) is 5.92 Å². The van der Waals surface area contributed by atoms with E-state index in [-0.39, 0.29) is 0 Å². The normalized spacial score (nSPS) is 43.7. The van der Waals surface area contributed by atoms with E-state index in [2.05, 4.69) is 19.4 Å². The molecular formula is C6H13N2P. The van der Waals surface area contributed by atoms with Crippen LogP contribution in [0.3, 0.4) is 0 Å². The Hall–Kier alpha value is 0.350. The molecule has 2 aliphatic heterocycles. The average molecular weight is 144 g/mol. The SMILES string of the molecule is PN1C[C@H]2CCN[C@H]2C1. The summed E-state index contributed by atoms with van der Waals surface area (Å²) in [7, 11) is 2.78. The highest BCUT2D eigenvalue weighted by Crippen LogP contribution is 2.26. The lowest BCUT2D eigenvalue weighted by molar-refractivity contribution is 0.518. The molecule has 3 heteroatoms. The Morgan fingerprint density at radius 1 is 1.44 bits per heavy atom. The minimum atomic E-state index is 0.808. The number of nitrogens with zero attached hydrogens (tertiary/aromatic N) is 1. The minimum Gasteiger partial charge on any atom is -0.312 e. The van der Waals surface area contributed by atoms with Gasteiger partial charge in [0.1, 0.15) is 0 Å². The minimum absolute atomic E-state index is 0.808. The van der Waals surface area contributed by atoms with Crippen molar-refractivity contribution in [2.45, 2.75) is 12.5 Å². The quantitative estimate of drug-likeness (QED) is 0.484. The molecule has 0 spiro atoms. The molecule has 2 rings (SSSR count). The van der Waals surface area contributed by atoms with Crippen LogP contribution in [-0.2, 0) is 0 Å². The van der Waals surface area contributed by atoms with Gasteiger partial charge in [0.05, 0.1) is 0 Å². The van der Waals surface area contributed by atoms with E-state index in [0.717, 1.165) is 12.0 Å². The molecule has 1 N–H and O–H groups in total. The summed E-state index contributed by atoms with van der Waals surface area (Å²) in [5.74, 6) is 0.947. The molecule has 0 amide bonds. The van der Waals surface area contributed by atoms with Crippen LogP contribution in [-0.4, -0.2) is 30.3 Å². The molecule has 2 heterocycles. The Kier molecular flexibility index (Phi) is 1.48. The maximum Gasteiger partial charge on any atom is 0.0239 e. The van der Waals surface area contributed by atoms with Crippen LogP contribution < -0.4 is 5.32 Å². The highest BCUT2D eigenvalue weighted by Gasteiger charge is 2.33. The third kappa shape index (κ3) is 1.000. The number of rotatable bonds is 0. The molecule has 0 aromatic heterocycles. The molecule has 0 aliphatic carbocycles. The van der Waals surface area contributed by atoms with Crippen molar-refractivity contribution in [3.63, 3.8) is 0 Å². The first-order valence-electron chi connectivity index (χ1n) is 3.59. The van der Waals surface area contributed by atoms with Crippen LogP contribution >= 0.6 is 9.39 Å². The highest BCUT2D eigenvalue weighted by molar-refractivity contribution is 7.13. The van der Waals surface area contributed by atoms with Gasteiger partial charge >= 0.3 is 0 Å². The van der Waals surface area contributed by atoms with Crippen LogP contribution in [0, 0.1) is 5.92 Å². The van der Waals surface area contributed by atoms with Gasteiger partial charge < -0.3 is 5.32 Å². The number of hydrogen-bond acceptors (Lipinski definition) is 2. The predicted molar refractivity (Wildman–Crippen MR) is 41.2 cm³/mol. The van der Waals surface area contributed by atoms with Crippen LogP contribution in [0.25, 0.3) is 0 Å². The Balaban J connectivity index is 2.02. The van der Waals surface area contributed by atoms with Gasteiger partial charge in [0, 0.05) is 19.1 Å². The summed E-state index contributed by atoms with van der Waals surface area (Å²) in [5.41, 5.74) is 0. The van der Waals surface area contributed by atoms with Gasteiger partial charge in [-0.1, -0.05) is 9.39 Å². The zero-order valence-electron chi connectivity index (χ0n) is 5.51. The number of nitrogens with one attached hydrogen (secondary N) is 1. The topological polar surface area (TPSA) is 15.3 Å². The molecule has 0 aromatic carbocycles. The van der Waals surface area contributed by atoms with Gasteiger partial charge in [-0.2, -0.15) is 0 Å². The molecule has 2 saturated heterocycles. The average Bonchev–Trinajstić information content (AvgIpc) is 2.22. The van der Waals surface area contributed by atoms with Gasteiger partial charge in [-0.05, 0) is 18.9 Å². The first-order chi connectivity index (χ1) is 4.36. The fourth-order valence-corrected chi connectivity index (χ4v) is 2.38. The zero-order valence-corrected chi connectivity index (χ0v) is 6.66. The maximum atomic E-state index is 3.49. The molecule has 1 unspecified atom stereocenters. The van der Waals surface area contributed by atoms with Crippen LogP contribution in [0.5, 0.6) is 0 Å². The molecule has 2 nitrogen and oxygen atoms in total. The van der Waals surface area contributed by atoms with Crippen molar-refractivity contribution in [1.82, 2.24) is 9.99 Å². The van der Waals surface area contributed by atoms with Crippen LogP contribution in [0.15, 0.2) is 0 Å². The number of hydrogen-bond donors (Lipinski definition) is 1. The molecule has 2 fully saturated rings. The molecule has 9 heavy (non-hydrogen) atoms. The Bertz CT molecular complexity index is 106. The van der Waals surface area contributed by atoms with Crippen molar-refractivity contribution in [2.75, 3.05) is 19.6 Å². The standard InChI is InChI=1S/C6H13N2P/c9-8-3-5-1-2-7-6(5)4-8/h5-7H,1-4,9H2/t5-,6+/m1/s1. The molecule has 0 aromatic rings. The van der Waals surface area contributed by atoms with Gasteiger partial charge in [-0.25, -0.2) is 0 Å². The van der Waals surface area contributed by atoms with Crippen molar-refractivity contribution < 1.29 is 0 Å². The van der Waals surface area contributed by atoms with Crippen LogP contribution in [0.4, 0.5) is 0 Å².